The molecule has 2 aliphatic rings. The average molecular weight is 223 g/mol. The second-order valence-corrected chi connectivity index (χ2v) is 3.49. The van der Waals surface area contributed by atoms with E-state index in [4.69, 9.17) is 0 Å². The molecule has 3 heteroatoms. The quantitative estimate of drug-likeness (QED) is 0.380. The van der Waals surface area contributed by atoms with Crippen molar-refractivity contribution in [3.63, 3.8) is 0 Å². The van der Waals surface area contributed by atoms with Crippen molar-refractivity contribution in [2.75, 3.05) is 0 Å². The van der Waals surface area contributed by atoms with Crippen LogP contribution in [0.15, 0.2) is 53.5 Å². The van der Waals surface area contributed by atoms with Crippen molar-refractivity contribution in [3.05, 3.63) is 54.1 Å². The largest absolute Gasteiger partial charge is 0.298 e. The van der Waals surface area contributed by atoms with E-state index in [-0.39, 0.29) is 0 Å². The second-order valence-electron chi connectivity index (χ2n) is 3.49. The number of isocyanates is 1. The molecule has 2 aliphatic carbocycles. The molecule has 1 aromatic carbocycles. The zero-order valence-electron chi connectivity index (χ0n) is 8.96. The van der Waals surface area contributed by atoms with Crippen LogP contribution in [0.3, 0.4) is 0 Å². The molecule has 0 saturated carbocycles. The van der Waals surface area contributed by atoms with E-state index in [1.807, 2.05) is 0 Å². The van der Waals surface area contributed by atoms with Gasteiger partial charge in [-0.25, -0.2) is 4.79 Å². The molecule has 1 aromatic rings. The fourth-order valence-electron chi connectivity index (χ4n) is 1.34. The van der Waals surface area contributed by atoms with Crippen LogP contribution in [0.25, 0.3) is 11.1 Å². The third-order valence-corrected chi connectivity index (χ3v) is 2.42. The second kappa shape index (κ2) is 5.01. The SMILES string of the molecule is O=C=Nc1ccc(C=O)cc1.c1cc2ccc1-2. The number of aldehydes is 1. The summed E-state index contributed by atoms with van der Waals surface area (Å²) in [5.41, 5.74) is 3.92. The smallest absolute Gasteiger partial charge is 0.240 e. The van der Waals surface area contributed by atoms with E-state index in [0.29, 0.717) is 11.3 Å². The molecule has 0 spiro atoms. The molecular weight excluding hydrogens is 214 g/mol. The summed E-state index contributed by atoms with van der Waals surface area (Å²) >= 11 is 0. The summed E-state index contributed by atoms with van der Waals surface area (Å²) in [5, 5.41) is 0. The van der Waals surface area contributed by atoms with Gasteiger partial charge in [-0.1, -0.05) is 24.3 Å². The van der Waals surface area contributed by atoms with Crippen molar-refractivity contribution in [2.24, 2.45) is 4.99 Å². The highest BCUT2D eigenvalue weighted by molar-refractivity contribution is 5.76. The lowest BCUT2D eigenvalue weighted by molar-refractivity contribution is 0.112. The molecule has 3 rings (SSSR count). The van der Waals surface area contributed by atoms with Gasteiger partial charge in [0.1, 0.15) is 6.29 Å². The van der Waals surface area contributed by atoms with Crippen LogP contribution in [0.2, 0.25) is 0 Å². The first-order valence-corrected chi connectivity index (χ1v) is 5.07. The van der Waals surface area contributed by atoms with Crippen LogP contribution in [-0.2, 0) is 4.79 Å². The van der Waals surface area contributed by atoms with Crippen molar-refractivity contribution in [3.8, 4) is 11.1 Å². The van der Waals surface area contributed by atoms with Gasteiger partial charge in [0.15, 0.2) is 0 Å². The van der Waals surface area contributed by atoms with Gasteiger partial charge in [0.2, 0.25) is 6.08 Å². The Morgan fingerprint density at radius 2 is 1.41 bits per heavy atom. The lowest BCUT2D eigenvalue weighted by Gasteiger charge is -2.10. The molecule has 0 atom stereocenters. The van der Waals surface area contributed by atoms with Crippen molar-refractivity contribution >= 4 is 18.1 Å². The number of carbonyl (C=O) groups is 1. The first-order valence-electron chi connectivity index (χ1n) is 5.07. The summed E-state index contributed by atoms with van der Waals surface area (Å²) in [5.74, 6) is 0. The molecule has 0 N–H and O–H groups in total. The van der Waals surface area contributed by atoms with E-state index in [1.165, 1.54) is 17.2 Å². The van der Waals surface area contributed by atoms with Gasteiger partial charge in [-0.05, 0) is 35.4 Å². The average Bonchev–Trinajstić information content (AvgIpc) is 2.36. The third-order valence-electron chi connectivity index (χ3n) is 2.42. The van der Waals surface area contributed by atoms with Gasteiger partial charge in [-0.15, -0.1) is 0 Å². The van der Waals surface area contributed by atoms with Gasteiger partial charge in [0.25, 0.3) is 0 Å². The standard InChI is InChI=1S/C8H5NO2.C6H4/c10-5-7-1-3-8(4-2-7)9-6-11;1-2-6-4-3-5(1)6/h1-5H;1-4H. The highest BCUT2D eigenvalue weighted by atomic mass is 16.1. The predicted molar refractivity (Wildman–Crippen MR) is 65.0 cm³/mol. The lowest BCUT2D eigenvalue weighted by atomic mass is 9.95. The van der Waals surface area contributed by atoms with E-state index in [9.17, 15) is 9.59 Å². The minimum Gasteiger partial charge on any atom is -0.298 e. The van der Waals surface area contributed by atoms with Gasteiger partial charge < -0.3 is 0 Å². The van der Waals surface area contributed by atoms with Crippen LogP contribution < -0.4 is 0 Å². The zero-order chi connectivity index (χ0) is 12.1. The number of hydrogen-bond acceptors (Lipinski definition) is 3. The lowest BCUT2D eigenvalue weighted by Crippen LogP contribution is -1.85. The predicted octanol–water partition coefficient (Wildman–Crippen LogP) is 3.13. The first kappa shape index (κ1) is 11.0. The Balaban J connectivity index is 0.000000148. The van der Waals surface area contributed by atoms with Crippen LogP contribution in [0.5, 0.6) is 0 Å². The molecule has 0 fully saturated rings. The van der Waals surface area contributed by atoms with Crippen molar-refractivity contribution in [2.45, 2.75) is 0 Å². The molecule has 0 aliphatic heterocycles. The normalized spacial score (nSPS) is 9.41. The van der Waals surface area contributed by atoms with Gasteiger partial charge >= 0.3 is 0 Å². The molecule has 0 radical (unpaired) electrons. The molecule has 3 nitrogen and oxygen atoms in total. The number of nitrogens with zero attached hydrogens (tertiary/aromatic N) is 1. The van der Waals surface area contributed by atoms with Crippen molar-refractivity contribution in [1.82, 2.24) is 0 Å². The fraction of sp³-hybridized carbons (Fsp3) is 0. The minimum absolute atomic E-state index is 0.505. The van der Waals surface area contributed by atoms with Crippen molar-refractivity contribution < 1.29 is 9.59 Å². The molecule has 0 aromatic heterocycles. The maximum atomic E-state index is 10.2. The van der Waals surface area contributed by atoms with Crippen molar-refractivity contribution in [1.29, 1.82) is 0 Å². The molecule has 82 valence electrons. The third kappa shape index (κ3) is 2.54. The Hall–Kier alpha value is -2.51. The number of rotatable bonds is 2. The molecule has 0 heterocycles. The maximum Gasteiger partial charge on any atom is 0.240 e. The molecule has 17 heavy (non-hydrogen) atoms. The number of benzene rings is 2. The topological polar surface area (TPSA) is 46.5 Å². The van der Waals surface area contributed by atoms with E-state index in [2.05, 4.69) is 29.3 Å². The number of aliphatic imine (C=N–C) groups is 1. The number of carbonyl (C=O) groups excluding carboxylic acids is 2. The van der Waals surface area contributed by atoms with Crippen LogP contribution in [-0.4, -0.2) is 12.4 Å². The molecule has 0 amide bonds. The summed E-state index contributed by atoms with van der Waals surface area (Å²) in [7, 11) is 0. The van der Waals surface area contributed by atoms with Crippen LogP contribution in [0.1, 0.15) is 10.4 Å². The summed E-state index contributed by atoms with van der Waals surface area (Å²) in [6.07, 6.45) is 2.14. The summed E-state index contributed by atoms with van der Waals surface area (Å²) in [6, 6.07) is 14.8. The molecule has 0 unspecified atom stereocenters. The van der Waals surface area contributed by atoms with E-state index < -0.39 is 0 Å². The highest BCUT2D eigenvalue weighted by Crippen LogP contribution is 2.29. The minimum atomic E-state index is 0.505. The van der Waals surface area contributed by atoms with Crippen LogP contribution in [0, 0.1) is 0 Å². The Labute approximate surface area is 98.4 Å². The van der Waals surface area contributed by atoms with Gasteiger partial charge in [-0.3, -0.25) is 4.79 Å². The maximum absolute atomic E-state index is 10.2. The van der Waals surface area contributed by atoms with Gasteiger partial charge in [-0.2, -0.15) is 4.99 Å². The van der Waals surface area contributed by atoms with E-state index in [0.717, 1.165) is 6.29 Å². The van der Waals surface area contributed by atoms with Gasteiger partial charge in [0.05, 0.1) is 5.69 Å². The van der Waals surface area contributed by atoms with E-state index in [1.54, 1.807) is 24.3 Å². The van der Waals surface area contributed by atoms with E-state index >= 15 is 0 Å². The Bertz CT molecular complexity index is 543. The summed E-state index contributed by atoms with van der Waals surface area (Å²) in [4.78, 5) is 23.3. The van der Waals surface area contributed by atoms with Crippen LogP contribution in [0.4, 0.5) is 5.69 Å². The Kier molecular flexibility index (Phi) is 3.24. The first-order chi connectivity index (χ1) is 8.33. The number of hydrogen-bond donors (Lipinski definition) is 0. The number of fused-ring (bicyclic) bond motifs is 1. The Morgan fingerprint density at radius 3 is 1.71 bits per heavy atom. The highest BCUT2D eigenvalue weighted by Gasteiger charge is 2.03. The summed E-state index contributed by atoms with van der Waals surface area (Å²) < 4.78 is 0. The molecule has 0 bridgehead atoms. The molecule has 0 saturated heterocycles. The van der Waals surface area contributed by atoms with Gasteiger partial charge in [0, 0.05) is 5.56 Å². The Morgan fingerprint density at radius 1 is 0.882 bits per heavy atom. The summed E-state index contributed by atoms with van der Waals surface area (Å²) in [6.45, 7) is 0. The monoisotopic (exact) mass is 223 g/mol. The zero-order valence-corrected chi connectivity index (χ0v) is 8.96. The van der Waals surface area contributed by atoms with Crippen LogP contribution >= 0.6 is 0 Å². The molecular formula is C14H9NO2. The fourth-order valence-corrected chi connectivity index (χ4v) is 1.34.